The van der Waals surface area contributed by atoms with Crippen LogP contribution in [0.2, 0.25) is 0 Å². The molecule has 2 rings (SSSR count). The Bertz CT molecular complexity index is 847. The number of nitrogens with zero attached hydrogens (tertiary/aromatic N) is 2. The highest BCUT2D eigenvalue weighted by molar-refractivity contribution is 5.92. The van der Waals surface area contributed by atoms with E-state index in [1.165, 1.54) is 25.1 Å². The van der Waals surface area contributed by atoms with E-state index in [0.29, 0.717) is 25.2 Å². The molecule has 140 valence electrons. The van der Waals surface area contributed by atoms with Crippen molar-refractivity contribution in [2.45, 2.75) is 25.9 Å². The van der Waals surface area contributed by atoms with Gasteiger partial charge in [0.15, 0.2) is 5.69 Å². The molecule has 0 saturated carbocycles. The van der Waals surface area contributed by atoms with E-state index in [9.17, 15) is 22.8 Å². The van der Waals surface area contributed by atoms with Crippen LogP contribution in [0.15, 0.2) is 35.1 Å². The van der Waals surface area contributed by atoms with Crippen molar-refractivity contribution in [1.29, 1.82) is 0 Å². The number of nitrogens with two attached hydrogens (primary N) is 1. The monoisotopic (exact) mass is 368 g/mol. The lowest BCUT2D eigenvalue weighted by atomic mass is 10.2. The van der Waals surface area contributed by atoms with Gasteiger partial charge in [0.25, 0.3) is 5.91 Å². The summed E-state index contributed by atoms with van der Waals surface area (Å²) in [6, 6.07) is 5.68. The van der Waals surface area contributed by atoms with E-state index in [1.807, 2.05) is 0 Å². The first-order chi connectivity index (χ1) is 12.2. The number of aromatic nitrogens is 2. The van der Waals surface area contributed by atoms with E-state index < -0.39 is 23.1 Å². The molecule has 0 atom stereocenters. The number of hydrogen-bond acceptors (Lipinski definition) is 4. The Labute approximate surface area is 147 Å². The SMILES string of the molecule is Cc1cc(=O)c(C(=O)NCCCCN)nn1-c1cccc(C(F)(F)F)c1. The van der Waals surface area contributed by atoms with Gasteiger partial charge < -0.3 is 11.1 Å². The molecule has 1 heterocycles. The van der Waals surface area contributed by atoms with Crippen LogP contribution in [-0.2, 0) is 6.18 Å². The zero-order valence-electron chi connectivity index (χ0n) is 14.1. The first-order valence-electron chi connectivity index (χ1n) is 8.01. The minimum absolute atomic E-state index is 0.106. The Morgan fingerprint density at radius 3 is 2.65 bits per heavy atom. The molecule has 0 aliphatic heterocycles. The van der Waals surface area contributed by atoms with Crippen LogP contribution in [0.5, 0.6) is 0 Å². The van der Waals surface area contributed by atoms with Crippen molar-refractivity contribution in [3.05, 3.63) is 57.5 Å². The lowest BCUT2D eigenvalue weighted by Crippen LogP contribution is -2.32. The number of carbonyl (C=O) groups is 1. The molecule has 1 aromatic heterocycles. The fourth-order valence-corrected chi connectivity index (χ4v) is 2.34. The van der Waals surface area contributed by atoms with E-state index in [4.69, 9.17) is 5.73 Å². The van der Waals surface area contributed by atoms with Gasteiger partial charge in [-0.2, -0.15) is 18.3 Å². The third-order valence-corrected chi connectivity index (χ3v) is 3.66. The van der Waals surface area contributed by atoms with Crippen LogP contribution in [-0.4, -0.2) is 28.8 Å². The number of aryl methyl sites for hydroxylation is 1. The van der Waals surface area contributed by atoms with Crippen molar-refractivity contribution in [2.24, 2.45) is 5.73 Å². The van der Waals surface area contributed by atoms with Crippen molar-refractivity contribution in [2.75, 3.05) is 13.1 Å². The summed E-state index contributed by atoms with van der Waals surface area (Å²) in [5, 5.41) is 6.52. The summed E-state index contributed by atoms with van der Waals surface area (Å²) in [4.78, 5) is 24.2. The Balaban J connectivity index is 2.36. The number of amides is 1. The maximum absolute atomic E-state index is 12.9. The van der Waals surface area contributed by atoms with Crippen molar-refractivity contribution >= 4 is 5.91 Å². The molecular formula is C17H19F3N4O2. The van der Waals surface area contributed by atoms with Gasteiger partial charge in [0.2, 0.25) is 5.43 Å². The standard InChI is InChI=1S/C17H19F3N4O2/c1-11-9-14(25)15(16(26)22-8-3-2-7-21)23-24(11)13-6-4-5-12(10-13)17(18,19)20/h4-6,9-10H,2-3,7-8,21H2,1H3,(H,22,26). The summed E-state index contributed by atoms with van der Waals surface area (Å²) >= 11 is 0. The number of rotatable bonds is 6. The second kappa shape index (κ2) is 8.13. The van der Waals surface area contributed by atoms with Crippen molar-refractivity contribution in [3.8, 4) is 5.69 Å². The van der Waals surface area contributed by atoms with Gasteiger partial charge in [-0.15, -0.1) is 0 Å². The van der Waals surface area contributed by atoms with Gasteiger partial charge >= 0.3 is 6.18 Å². The van der Waals surface area contributed by atoms with Gasteiger partial charge in [-0.05, 0) is 44.5 Å². The van der Waals surface area contributed by atoms with E-state index in [0.717, 1.165) is 23.2 Å². The fourth-order valence-electron chi connectivity index (χ4n) is 2.34. The number of nitrogens with one attached hydrogen (secondary N) is 1. The van der Waals surface area contributed by atoms with Crippen LogP contribution in [0, 0.1) is 6.92 Å². The number of carbonyl (C=O) groups excluding carboxylic acids is 1. The molecule has 9 heteroatoms. The highest BCUT2D eigenvalue weighted by atomic mass is 19.4. The van der Waals surface area contributed by atoms with Gasteiger partial charge in [-0.1, -0.05) is 6.07 Å². The lowest BCUT2D eigenvalue weighted by Gasteiger charge is -2.13. The highest BCUT2D eigenvalue weighted by Gasteiger charge is 2.30. The predicted molar refractivity (Wildman–Crippen MR) is 90.2 cm³/mol. The largest absolute Gasteiger partial charge is 0.416 e. The van der Waals surface area contributed by atoms with Crippen molar-refractivity contribution in [1.82, 2.24) is 15.1 Å². The molecule has 0 aliphatic carbocycles. The summed E-state index contributed by atoms with van der Waals surface area (Å²) in [6.07, 6.45) is -3.14. The van der Waals surface area contributed by atoms with Crippen molar-refractivity contribution < 1.29 is 18.0 Å². The van der Waals surface area contributed by atoms with Crippen LogP contribution in [0.3, 0.4) is 0 Å². The zero-order chi connectivity index (χ0) is 19.3. The summed E-state index contributed by atoms with van der Waals surface area (Å²) < 4.78 is 39.9. The Hall–Kier alpha value is -2.68. The molecule has 0 unspecified atom stereocenters. The zero-order valence-corrected chi connectivity index (χ0v) is 14.1. The van der Waals surface area contributed by atoms with Gasteiger partial charge in [-0.25, -0.2) is 4.68 Å². The molecule has 0 bridgehead atoms. The van der Waals surface area contributed by atoms with Gasteiger partial charge in [0, 0.05) is 18.3 Å². The number of unbranched alkanes of at least 4 members (excludes halogenated alkanes) is 1. The summed E-state index contributed by atoms with van der Waals surface area (Å²) in [5.41, 5.74) is 3.97. The smallest absolute Gasteiger partial charge is 0.351 e. The van der Waals surface area contributed by atoms with Crippen LogP contribution >= 0.6 is 0 Å². The molecule has 2 aromatic rings. The maximum atomic E-state index is 12.9. The van der Waals surface area contributed by atoms with E-state index in [2.05, 4.69) is 10.4 Å². The average molecular weight is 368 g/mol. The summed E-state index contributed by atoms with van der Waals surface area (Å²) in [5.74, 6) is -0.673. The van der Waals surface area contributed by atoms with E-state index in [-0.39, 0.29) is 11.4 Å². The summed E-state index contributed by atoms with van der Waals surface area (Å²) in [7, 11) is 0. The molecule has 0 spiro atoms. The minimum atomic E-state index is -4.51. The first kappa shape index (κ1) is 19.6. The fraction of sp³-hybridized carbons (Fsp3) is 0.353. The van der Waals surface area contributed by atoms with Gasteiger partial charge in [-0.3, -0.25) is 9.59 Å². The van der Waals surface area contributed by atoms with Crippen molar-refractivity contribution in [3.63, 3.8) is 0 Å². The first-order valence-corrected chi connectivity index (χ1v) is 8.01. The maximum Gasteiger partial charge on any atom is 0.416 e. The second-order valence-corrected chi connectivity index (χ2v) is 5.71. The number of benzene rings is 1. The number of halogens is 3. The molecular weight excluding hydrogens is 349 g/mol. The molecule has 0 radical (unpaired) electrons. The number of hydrogen-bond donors (Lipinski definition) is 2. The lowest BCUT2D eigenvalue weighted by molar-refractivity contribution is -0.137. The molecule has 6 nitrogen and oxygen atoms in total. The third kappa shape index (κ3) is 4.69. The Morgan fingerprint density at radius 2 is 2.00 bits per heavy atom. The minimum Gasteiger partial charge on any atom is -0.351 e. The molecule has 26 heavy (non-hydrogen) atoms. The van der Waals surface area contributed by atoms with Crippen LogP contribution in [0.1, 0.15) is 34.6 Å². The Kier molecular flexibility index (Phi) is 6.14. The molecule has 3 N–H and O–H groups in total. The molecule has 0 fully saturated rings. The van der Waals surface area contributed by atoms with E-state index in [1.54, 1.807) is 0 Å². The summed E-state index contributed by atoms with van der Waals surface area (Å²) in [6.45, 7) is 2.34. The average Bonchev–Trinajstić information content (AvgIpc) is 2.58. The third-order valence-electron chi connectivity index (χ3n) is 3.66. The Morgan fingerprint density at radius 1 is 1.27 bits per heavy atom. The normalized spacial score (nSPS) is 11.4. The highest BCUT2D eigenvalue weighted by Crippen LogP contribution is 2.30. The topological polar surface area (TPSA) is 90.0 Å². The predicted octanol–water partition coefficient (Wildman–Crippen LogP) is 2.03. The second-order valence-electron chi connectivity index (χ2n) is 5.71. The molecule has 1 amide bonds. The van der Waals surface area contributed by atoms with Gasteiger partial charge in [0.05, 0.1) is 11.3 Å². The number of alkyl halides is 3. The van der Waals surface area contributed by atoms with Crippen LogP contribution in [0.25, 0.3) is 5.69 Å². The van der Waals surface area contributed by atoms with Crippen LogP contribution < -0.4 is 16.5 Å². The van der Waals surface area contributed by atoms with Gasteiger partial charge in [0.1, 0.15) is 0 Å². The van der Waals surface area contributed by atoms with E-state index >= 15 is 0 Å². The molecule has 1 aromatic carbocycles. The molecule has 0 saturated heterocycles. The quantitative estimate of drug-likeness (QED) is 0.764. The molecule has 0 aliphatic rings. The van der Waals surface area contributed by atoms with Crippen LogP contribution in [0.4, 0.5) is 13.2 Å².